The predicted octanol–water partition coefficient (Wildman–Crippen LogP) is 2.50. The van der Waals surface area contributed by atoms with E-state index in [0.717, 1.165) is 0 Å². The molecule has 19 heavy (non-hydrogen) atoms. The molecule has 0 radical (unpaired) electrons. The van der Waals surface area contributed by atoms with Crippen molar-refractivity contribution in [1.82, 2.24) is 0 Å². The molecule has 0 saturated carbocycles. The smallest absolute Gasteiger partial charge is 0.227 e. The Morgan fingerprint density at radius 2 is 2.42 bits per heavy atom. The third-order valence-corrected chi connectivity index (χ3v) is 3.04. The standard InChI is InChI=1S/C12H13FN4O2/c1-19-11-3-2-9(13)5-10(11)17-7-8(4-12(17)18)6-15-16-14/h2-3,5,8H,4,6-7H2,1H3. The first-order chi connectivity index (χ1) is 9.15. The number of ether oxygens (including phenoxy) is 1. The van der Waals surface area contributed by atoms with Crippen LogP contribution in [0.1, 0.15) is 6.42 Å². The molecule has 0 bridgehead atoms. The highest BCUT2D eigenvalue weighted by atomic mass is 19.1. The summed E-state index contributed by atoms with van der Waals surface area (Å²) in [5, 5.41) is 3.47. The van der Waals surface area contributed by atoms with Gasteiger partial charge in [-0.2, -0.15) is 0 Å². The zero-order chi connectivity index (χ0) is 13.8. The van der Waals surface area contributed by atoms with Crippen molar-refractivity contribution in [2.45, 2.75) is 6.42 Å². The van der Waals surface area contributed by atoms with Crippen molar-refractivity contribution in [3.63, 3.8) is 0 Å². The summed E-state index contributed by atoms with van der Waals surface area (Å²) in [5.74, 6) is -0.153. The Kier molecular flexibility index (Phi) is 3.87. The first kappa shape index (κ1) is 13.2. The van der Waals surface area contributed by atoms with Gasteiger partial charge in [0.2, 0.25) is 5.91 Å². The average molecular weight is 264 g/mol. The van der Waals surface area contributed by atoms with E-state index in [2.05, 4.69) is 10.0 Å². The van der Waals surface area contributed by atoms with Crippen molar-refractivity contribution in [2.75, 3.05) is 25.1 Å². The van der Waals surface area contributed by atoms with Crippen LogP contribution in [0.5, 0.6) is 5.75 Å². The Balaban J connectivity index is 2.24. The summed E-state index contributed by atoms with van der Waals surface area (Å²) >= 11 is 0. The maximum atomic E-state index is 13.3. The molecule has 2 rings (SSSR count). The van der Waals surface area contributed by atoms with E-state index in [-0.39, 0.29) is 18.4 Å². The quantitative estimate of drug-likeness (QED) is 0.475. The fourth-order valence-electron chi connectivity index (χ4n) is 2.16. The van der Waals surface area contributed by atoms with E-state index in [4.69, 9.17) is 10.3 Å². The normalized spacial score (nSPS) is 18.3. The first-order valence-electron chi connectivity index (χ1n) is 5.80. The zero-order valence-electron chi connectivity index (χ0n) is 10.4. The molecule has 0 aromatic heterocycles. The highest BCUT2D eigenvalue weighted by molar-refractivity contribution is 5.97. The van der Waals surface area contributed by atoms with Crippen molar-refractivity contribution < 1.29 is 13.9 Å². The number of methoxy groups -OCH3 is 1. The van der Waals surface area contributed by atoms with Crippen molar-refractivity contribution in [3.05, 3.63) is 34.5 Å². The van der Waals surface area contributed by atoms with Gasteiger partial charge in [-0.15, -0.1) is 0 Å². The summed E-state index contributed by atoms with van der Waals surface area (Å²) in [6.07, 6.45) is 0.290. The van der Waals surface area contributed by atoms with Crippen LogP contribution in [0.2, 0.25) is 0 Å². The molecule has 1 aromatic rings. The van der Waals surface area contributed by atoms with Crippen LogP contribution < -0.4 is 9.64 Å². The van der Waals surface area contributed by atoms with E-state index in [1.165, 1.54) is 30.2 Å². The molecule has 1 saturated heterocycles. The monoisotopic (exact) mass is 264 g/mol. The first-order valence-corrected chi connectivity index (χ1v) is 5.80. The lowest BCUT2D eigenvalue weighted by Gasteiger charge is -2.19. The molecule has 100 valence electrons. The molecule has 1 fully saturated rings. The molecule has 0 aliphatic carbocycles. The minimum absolute atomic E-state index is 0.0450. The largest absolute Gasteiger partial charge is 0.495 e. The maximum absolute atomic E-state index is 13.3. The second-order valence-electron chi connectivity index (χ2n) is 4.30. The number of carbonyl (C=O) groups is 1. The SMILES string of the molecule is COc1ccc(F)cc1N1CC(CN=[N+]=[N-])CC1=O. The van der Waals surface area contributed by atoms with Gasteiger partial charge in [-0.25, -0.2) is 4.39 Å². The summed E-state index contributed by atoms with van der Waals surface area (Å²) < 4.78 is 18.4. The average Bonchev–Trinajstić information content (AvgIpc) is 2.77. The molecule has 6 nitrogen and oxygen atoms in total. The van der Waals surface area contributed by atoms with Gasteiger partial charge < -0.3 is 9.64 Å². The van der Waals surface area contributed by atoms with Crippen LogP contribution in [-0.4, -0.2) is 26.1 Å². The molecule has 1 aromatic carbocycles. The number of benzene rings is 1. The van der Waals surface area contributed by atoms with E-state index in [1.54, 1.807) is 0 Å². The van der Waals surface area contributed by atoms with Gasteiger partial charge in [0, 0.05) is 30.5 Å². The lowest BCUT2D eigenvalue weighted by atomic mass is 10.1. The highest BCUT2D eigenvalue weighted by Gasteiger charge is 2.31. The second-order valence-corrected chi connectivity index (χ2v) is 4.30. The van der Waals surface area contributed by atoms with E-state index >= 15 is 0 Å². The summed E-state index contributed by atoms with van der Waals surface area (Å²) in [7, 11) is 1.47. The summed E-state index contributed by atoms with van der Waals surface area (Å²) in [6.45, 7) is 0.661. The van der Waals surface area contributed by atoms with Crippen molar-refractivity contribution in [1.29, 1.82) is 0 Å². The number of nitrogens with zero attached hydrogens (tertiary/aromatic N) is 4. The molecule has 1 unspecified atom stereocenters. The fourth-order valence-corrected chi connectivity index (χ4v) is 2.16. The van der Waals surface area contributed by atoms with Gasteiger partial charge >= 0.3 is 0 Å². The zero-order valence-corrected chi connectivity index (χ0v) is 10.4. The number of rotatable bonds is 4. The van der Waals surface area contributed by atoms with Gasteiger partial charge in [-0.05, 0) is 23.6 Å². The number of anilines is 1. The molecule has 0 spiro atoms. The Hall–Kier alpha value is -2.27. The Morgan fingerprint density at radius 1 is 1.63 bits per heavy atom. The predicted molar refractivity (Wildman–Crippen MR) is 67.4 cm³/mol. The third kappa shape index (κ3) is 2.77. The van der Waals surface area contributed by atoms with Crippen LogP contribution in [0.4, 0.5) is 10.1 Å². The van der Waals surface area contributed by atoms with Crippen molar-refractivity contribution in [2.24, 2.45) is 11.0 Å². The van der Waals surface area contributed by atoms with Crippen molar-refractivity contribution in [3.8, 4) is 5.75 Å². The molecule has 0 N–H and O–H groups in total. The number of halogens is 1. The lowest BCUT2D eigenvalue weighted by Crippen LogP contribution is -2.25. The topological polar surface area (TPSA) is 78.3 Å². The van der Waals surface area contributed by atoms with Gasteiger partial charge in [0.15, 0.2) is 0 Å². The van der Waals surface area contributed by atoms with Crippen LogP contribution in [0.25, 0.3) is 10.4 Å². The fraction of sp³-hybridized carbons (Fsp3) is 0.417. The van der Waals surface area contributed by atoms with Gasteiger partial charge in [0.1, 0.15) is 11.6 Å². The van der Waals surface area contributed by atoms with E-state index in [9.17, 15) is 9.18 Å². The van der Waals surface area contributed by atoms with Crippen LogP contribution in [-0.2, 0) is 4.79 Å². The Bertz CT molecular complexity index is 543. The molecular weight excluding hydrogens is 251 g/mol. The van der Waals surface area contributed by atoms with E-state index < -0.39 is 5.82 Å². The number of hydrogen-bond acceptors (Lipinski definition) is 3. The Labute approximate surface area is 109 Å². The van der Waals surface area contributed by atoms with Crippen LogP contribution in [0.3, 0.4) is 0 Å². The maximum Gasteiger partial charge on any atom is 0.227 e. The lowest BCUT2D eigenvalue weighted by molar-refractivity contribution is -0.117. The van der Waals surface area contributed by atoms with Gasteiger partial charge in [-0.3, -0.25) is 4.79 Å². The van der Waals surface area contributed by atoms with Crippen LogP contribution in [0.15, 0.2) is 23.3 Å². The minimum Gasteiger partial charge on any atom is -0.495 e. The molecule has 1 aliphatic heterocycles. The molecular formula is C12H13FN4O2. The number of azide groups is 1. The van der Waals surface area contributed by atoms with Crippen LogP contribution in [0, 0.1) is 11.7 Å². The number of hydrogen-bond donors (Lipinski definition) is 0. The third-order valence-electron chi connectivity index (χ3n) is 3.04. The highest BCUT2D eigenvalue weighted by Crippen LogP contribution is 2.33. The van der Waals surface area contributed by atoms with Crippen LogP contribution >= 0.6 is 0 Å². The second kappa shape index (κ2) is 5.58. The number of carbonyl (C=O) groups excluding carboxylic acids is 1. The van der Waals surface area contributed by atoms with Gasteiger partial charge in [0.05, 0.1) is 12.8 Å². The molecule has 1 aliphatic rings. The molecule has 7 heteroatoms. The van der Waals surface area contributed by atoms with E-state index in [1.807, 2.05) is 0 Å². The Morgan fingerprint density at radius 3 is 3.11 bits per heavy atom. The molecule has 1 amide bonds. The minimum atomic E-state index is -0.429. The molecule has 1 heterocycles. The van der Waals surface area contributed by atoms with Crippen molar-refractivity contribution >= 4 is 11.6 Å². The number of amides is 1. The summed E-state index contributed by atoms with van der Waals surface area (Å²) in [4.78, 5) is 16.1. The molecule has 1 atom stereocenters. The summed E-state index contributed by atoms with van der Waals surface area (Å²) in [6, 6.07) is 4.03. The van der Waals surface area contributed by atoms with Gasteiger partial charge in [0.25, 0.3) is 0 Å². The van der Waals surface area contributed by atoms with E-state index in [0.29, 0.717) is 24.4 Å². The van der Waals surface area contributed by atoms with Gasteiger partial charge in [-0.1, -0.05) is 5.11 Å². The summed E-state index contributed by atoms with van der Waals surface area (Å²) in [5.41, 5.74) is 8.70.